The molecular formula is C17H17ClN2O3S. The van der Waals surface area contributed by atoms with Gasteiger partial charge in [0.15, 0.2) is 11.3 Å². The highest BCUT2D eigenvalue weighted by Gasteiger charge is 2.23. The van der Waals surface area contributed by atoms with E-state index in [1.807, 2.05) is 6.07 Å². The van der Waals surface area contributed by atoms with E-state index < -0.39 is 18.0 Å². The van der Waals surface area contributed by atoms with E-state index in [4.69, 9.17) is 16.3 Å². The minimum Gasteiger partial charge on any atom is -0.448 e. The van der Waals surface area contributed by atoms with Gasteiger partial charge in [-0.3, -0.25) is 4.79 Å². The molecule has 1 atom stereocenters. The Bertz CT molecular complexity index is 751. The maximum atomic E-state index is 12.3. The lowest BCUT2D eigenvalue weighted by atomic mass is 9.99. The molecule has 5 nitrogen and oxygen atoms in total. The van der Waals surface area contributed by atoms with E-state index in [2.05, 4.69) is 10.3 Å². The molecule has 0 aromatic carbocycles. The second-order valence-corrected chi connectivity index (χ2v) is 7.14. The summed E-state index contributed by atoms with van der Waals surface area (Å²) in [6.45, 7) is 1.53. The Morgan fingerprint density at radius 1 is 1.38 bits per heavy atom. The minimum atomic E-state index is -0.923. The van der Waals surface area contributed by atoms with Crippen LogP contribution in [0.5, 0.6) is 0 Å². The highest BCUT2D eigenvalue weighted by molar-refractivity contribution is 7.14. The lowest BCUT2D eigenvalue weighted by molar-refractivity contribution is -0.123. The number of carbonyl (C=O) groups excluding carboxylic acids is 2. The van der Waals surface area contributed by atoms with Crippen LogP contribution in [-0.2, 0) is 22.4 Å². The quantitative estimate of drug-likeness (QED) is 0.660. The van der Waals surface area contributed by atoms with Crippen molar-refractivity contribution >= 4 is 40.5 Å². The summed E-state index contributed by atoms with van der Waals surface area (Å²) >= 11 is 7.37. The molecule has 2 aromatic heterocycles. The van der Waals surface area contributed by atoms with Crippen LogP contribution in [0, 0.1) is 0 Å². The summed E-state index contributed by atoms with van der Waals surface area (Å²) in [5.74, 6) is -0.908. The van der Waals surface area contributed by atoms with Gasteiger partial charge in [-0.1, -0.05) is 11.6 Å². The molecule has 0 saturated heterocycles. The SMILES string of the molecule is C[C@H](OC(=O)c1cc2c(s1)CCCC2)C(=O)Nc1cccnc1Cl. The molecule has 1 aliphatic rings. The molecular weight excluding hydrogens is 348 g/mol. The molecule has 1 aliphatic carbocycles. The van der Waals surface area contributed by atoms with Crippen molar-refractivity contribution in [1.29, 1.82) is 0 Å². The molecule has 1 N–H and O–H groups in total. The molecule has 2 heterocycles. The van der Waals surface area contributed by atoms with Gasteiger partial charge in [-0.05, 0) is 56.4 Å². The molecule has 0 aliphatic heterocycles. The zero-order chi connectivity index (χ0) is 17.1. The van der Waals surface area contributed by atoms with Crippen LogP contribution in [0.3, 0.4) is 0 Å². The highest BCUT2D eigenvalue weighted by atomic mass is 35.5. The first kappa shape index (κ1) is 16.9. The van der Waals surface area contributed by atoms with Crippen LogP contribution < -0.4 is 5.32 Å². The van der Waals surface area contributed by atoms with Gasteiger partial charge in [0.1, 0.15) is 4.88 Å². The Hall–Kier alpha value is -1.92. The predicted molar refractivity (Wildman–Crippen MR) is 93.7 cm³/mol. The maximum absolute atomic E-state index is 12.3. The van der Waals surface area contributed by atoms with E-state index in [9.17, 15) is 9.59 Å². The molecule has 0 spiro atoms. The van der Waals surface area contributed by atoms with Crippen LogP contribution in [0.4, 0.5) is 5.69 Å². The Balaban J connectivity index is 1.62. The zero-order valence-electron chi connectivity index (χ0n) is 13.2. The molecule has 0 radical (unpaired) electrons. The number of halogens is 1. The summed E-state index contributed by atoms with van der Waals surface area (Å²) in [6.07, 6.45) is 4.94. The first-order valence-electron chi connectivity index (χ1n) is 7.78. The summed E-state index contributed by atoms with van der Waals surface area (Å²) in [5, 5.41) is 2.80. The number of aryl methyl sites for hydroxylation is 2. The standard InChI is InChI=1S/C17H17ClN2O3S/c1-10(16(21)20-12-6-4-8-19-15(12)18)23-17(22)14-9-11-5-2-3-7-13(11)24-14/h4,6,8-10H,2-3,5,7H2,1H3,(H,20,21)/t10-/m0/s1. The molecule has 126 valence electrons. The maximum Gasteiger partial charge on any atom is 0.349 e. The number of anilines is 1. The summed E-state index contributed by atoms with van der Waals surface area (Å²) in [5.41, 5.74) is 1.62. The Morgan fingerprint density at radius 3 is 2.92 bits per heavy atom. The van der Waals surface area contributed by atoms with Crippen molar-refractivity contribution in [3.63, 3.8) is 0 Å². The molecule has 0 fully saturated rings. The van der Waals surface area contributed by atoms with Crippen LogP contribution in [-0.4, -0.2) is 23.0 Å². The fourth-order valence-corrected chi connectivity index (χ4v) is 3.88. The van der Waals surface area contributed by atoms with Crippen LogP contribution in [0.25, 0.3) is 0 Å². The number of pyridine rings is 1. The number of amides is 1. The summed E-state index contributed by atoms with van der Waals surface area (Å²) < 4.78 is 5.28. The number of ether oxygens (including phenoxy) is 1. The second kappa shape index (κ2) is 7.32. The average molecular weight is 365 g/mol. The van der Waals surface area contributed by atoms with Crippen molar-refractivity contribution in [1.82, 2.24) is 4.98 Å². The van der Waals surface area contributed by atoms with Crippen molar-refractivity contribution in [3.05, 3.63) is 44.9 Å². The topological polar surface area (TPSA) is 68.3 Å². The fraction of sp³-hybridized carbons (Fsp3) is 0.353. The largest absolute Gasteiger partial charge is 0.448 e. The van der Waals surface area contributed by atoms with Gasteiger partial charge in [-0.2, -0.15) is 0 Å². The van der Waals surface area contributed by atoms with E-state index in [1.54, 1.807) is 12.1 Å². The van der Waals surface area contributed by atoms with E-state index in [1.165, 1.54) is 34.9 Å². The molecule has 0 bridgehead atoms. The number of thiophene rings is 1. The summed E-state index contributed by atoms with van der Waals surface area (Å²) in [6, 6.07) is 5.19. The van der Waals surface area contributed by atoms with Crippen molar-refractivity contribution < 1.29 is 14.3 Å². The smallest absolute Gasteiger partial charge is 0.349 e. The van der Waals surface area contributed by atoms with Gasteiger partial charge in [0.05, 0.1) is 5.69 Å². The van der Waals surface area contributed by atoms with Crippen LogP contribution in [0.15, 0.2) is 24.4 Å². The van der Waals surface area contributed by atoms with E-state index >= 15 is 0 Å². The van der Waals surface area contributed by atoms with Crippen LogP contribution >= 0.6 is 22.9 Å². The van der Waals surface area contributed by atoms with E-state index in [0.717, 1.165) is 25.7 Å². The zero-order valence-corrected chi connectivity index (χ0v) is 14.7. The van der Waals surface area contributed by atoms with Gasteiger partial charge in [0.25, 0.3) is 5.91 Å². The van der Waals surface area contributed by atoms with Crippen molar-refractivity contribution in [2.45, 2.75) is 38.7 Å². The van der Waals surface area contributed by atoms with Crippen molar-refractivity contribution in [2.24, 2.45) is 0 Å². The highest BCUT2D eigenvalue weighted by Crippen LogP contribution is 2.30. The van der Waals surface area contributed by atoms with Gasteiger partial charge < -0.3 is 10.1 Å². The van der Waals surface area contributed by atoms with Crippen molar-refractivity contribution in [3.8, 4) is 0 Å². The molecule has 1 amide bonds. The number of rotatable bonds is 4. The number of aromatic nitrogens is 1. The second-order valence-electron chi connectivity index (χ2n) is 5.64. The third kappa shape index (κ3) is 3.76. The van der Waals surface area contributed by atoms with Crippen LogP contribution in [0.1, 0.15) is 39.9 Å². The van der Waals surface area contributed by atoms with E-state index in [-0.39, 0.29) is 5.15 Å². The minimum absolute atomic E-state index is 0.190. The number of fused-ring (bicyclic) bond motifs is 1. The monoisotopic (exact) mass is 364 g/mol. The fourth-order valence-electron chi connectivity index (χ4n) is 2.58. The lowest BCUT2D eigenvalue weighted by Gasteiger charge is -2.13. The van der Waals surface area contributed by atoms with Gasteiger partial charge >= 0.3 is 5.97 Å². The molecule has 7 heteroatoms. The van der Waals surface area contributed by atoms with Gasteiger partial charge in [-0.25, -0.2) is 9.78 Å². The predicted octanol–water partition coefficient (Wildman–Crippen LogP) is 3.86. The van der Waals surface area contributed by atoms with Crippen LogP contribution in [0.2, 0.25) is 5.15 Å². The van der Waals surface area contributed by atoms with Gasteiger partial charge in [-0.15, -0.1) is 11.3 Å². The number of hydrogen-bond acceptors (Lipinski definition) is 5. The Kier molecular flexibility index (Phi) is 5.16. The normalized spacial score (nSPS) is 14.6. The molecule has 2 aromatic rings. The molecule has 0 unspecified atom stereocenters. The number of esters is 1. The Morgan fingerprint density at radius 2 is 2.17 bits per heavy atom. The average Bonchev–Trinajstić information content (AvgIpc) is 3.01. The molecule has 0 saturated carbocycles. The summed E-state index contributed by atoms with van der Waals surface area (Å²) in [4.78, 5) is 30.1. The third-order valence-corrected chi connectivity index (χ3v) is 5.39. The van der Waals surface area contributed by atoms with Gasteiger partial charge in [0.2, 0.25) is 0 Å². The molecule has 24 heavy (non-hydrogen) atoms. The van der Waals surface area contributed by atoms with Gasteiger partial charge in [0, 0.05) is 11.1 Å². The lowest BCUT2D eigenvalue weighted by Crippen LogP contribution is -2.29. The summed E-state index contributed by atoms with van der Waals surface area (Å²) in [7, 11) is 0. The number of nitrogens with one attached hydrogen (secondary N) is 1. The first-order valence-corrected chi connectivity index (χ1v) is 8.98. The molecule has 3 rings (SSSR count). The number of carbonyl (C=O) groups is 2. The van der Waals surface area contributed by atoms with Crippen molar-refractivity contribution in [2.75, 3.05) is 5.32 Å². The van der Waals surface area contributed by atoms with E-state index in [0.29, 0.717) is 10.6 Å². The number of hydrogen-bond donors (Lipinski definition) is 1. The first-order chi connectivity index (χ1) is 11.5. The number of nitrogens with zero attached hydrogens (tertiary/aromatic N) is 1. The third-order valence-electron chi connectivity index (χ3n) is 3.87. The Labute approximate surface area is 149 Å².